The molecule has 19 heavy (non-hydrogen) atoms. The lowest BCUT2D eigenvalue weighted by molar-refractivity contribution is 0.367. The summed E-state index contributed by atoms with van der Waals surface area (Å²) < 4.78 is 7.17. The molecule has 0 saturated carbocycles. The zero-order valence-corrected chi connectivity index (χ0v) is 12.0. The third-order valence-electron chi connectivity index (χ3n) is 3.37. The Kier molecular flexibility index (Phi) is 4.22. The van der Waals surface area contributed by atoms with Crippen LogP contribution in [0.4, 0.5) is 0 Å². The Balaban J connectivity index is 2.07. The van der Waals surface area contributed by atoms with Crippen molar-refractivity contribution in [1.82, 2.24) is 15.1 Å². The minimum absolute atomic E-state index is 0.297. The smallest absolute Gasteiger partial charge is 0.216 e. The topological polar surface area (TPSA) is 39.1 Å². The first kappa shape index (κ1) is 13.6. The summed E-state index contributed by atoms with van der Waals surface area (Å²) in [6.45, 7) is 4.92. The highest BCUT2D eigenvalue weighted by Crippen LogP contribution is 2.22. The molecule has 0 aliphatic carbocycles. The summed E-state index contributed by atoms with van der Waals surface area (Å²) in [5, 5.41) is 7.89. The van der Waals surface area contributed by atoms with Crippen LogP contribution >= 0.6 is 0 Å². The lowest BCUT2D eigenvalue weighted by Gasteiger charge is -2.14. The number of methoxy groups -OCH3 is 1. The lowest BCUT2D eigenvalue weighted by Crippen LogP contribution is -2.18. The number of nitrogens with zero attached hydrogens (tertiary/aromatic N) is 2. The van der Waals surface area contributed by atoms with Crippen molar-refractivity contribution in [2.45, 2.75) is 26.4 Å². The number of ether oxygens (including phenoxy) is 1. The fourth-order valence-electron chi connectivity index (χ4n) is 2.25. The van der Waals surface area contributed by atoms with Crippen LogP contribution in [0.3, 0.4) is 0 Å². The Morgan fingerprint density at radius 2 is 2.00 bits per heavy atom. The van der Waals surface area contributed by atoms with Crippen LogP contribution in [-0.2, 0) is 13.6 Å². The van der Waals surface area contributed by atoms with Gasteiger partial charge in [-0.05, 0) is 19.4 Å². The van der Waals surface area contributed by atoms with E-state index < -0.39 is 0 Å². The Morgan fingerprint density at radius 1 is 1.32 bits per heavy atom. The maximum Gasteiger partial charge on any atom is 0.216 e. The molecule has 0 bridgehead atoms. The van der Waals surface area contributed by atoms with E-state index in [9.17, 15) is 0 Å². The van der Waals surface area contributed by atoms with Crippen molar-refractivity contribution in [3.63, 3.8) is 0 Å². The van der Waals surface area contributed by atoms with Gasteiger partial charge in [0.15, 0.2) is 0 Å². The summed E-state index contributed by atoms with van der Waals surface area (Å²) in [5.74, 6) is 0.824. The van der Waals surface area contributed by atoms with Gasteiger partial charge in [-0.15, -0.1) is 0 Å². The van der Waals surface area contributed by atoms with Crippen molar-refractivity contribution in [3.8, 4) is 5.88 Å². The molecule has 0 spiro atoms. The van der Waals surface area contributed by atoms with Crippen molar-refractivity contribution < 1.29 is 4.74 Å². The van der Waals surface area contributed by atoms with Crippen LogP contribution in [0.15, 0.2) is 30.3 Å². The number of nitrogens with one attached hydrogen (secondary N) is 1. The molecule has 0 saturated heterocycles. The maximum atomic E-state index is 5.40. The molecule has 0 fully saturated rings. The molecule has 1 N–H and O–H groups in total. The molecule has 2 rings (SSSR count). The number of hydrogen-bond acceptors (Lipinski definition) is 3. The largest absolute Gasteiger partial charge is 0.481 e. The second-order valence-electron chi connectivity index (χ2n) is 4.71. The zero-order chi connectivity index (χ0) is 13.8. The Bertz CT molecular complexity index is 534. The minimum Gasteiger partial charge on any atom is -0.481 e. The SMILES string of the molecule is COc1c(CN[C@H](C)c2ccccc2)c(C)nn1C. The van der Waals surface area contributed by atoms with E-state index in [0.717, 1.165) is 23.7 Å². The van der Waals surface area contributed by atoms with Crippen LogP contribution in [0.25, 0.3) is 0 Å². The van der Waals surface area contributed by atoms with Gasteiger partial charge in [-0.2, -0.15) is 5.10 Å². The number of benzene rings is 1. The number of rotatable bonds is 5. The average molecular weight is 259 g/mol. The second-order valence-corrected chi connectivity index (χ2v) is 4.71. The molecule has 0 unspecified atom stereocenters. The molecule has 0 aliphatic heterocycles. The predicted octanol–water partition coefficient (Wildman–Crippen LogP) is 2.59. The third kappa shape index (κ3) is 2.96. The molecule has 1 aromatic heterocycles. The van der Waals surface area contributed by atoms with Crippen molar-refractivity contribution in [2.75, 3.05) is 7.11 Å². The van der Waals surface area contributed by atoms with Gasteiger partial charge >= 0.3 is 0 Å². The molecular formula is C15H21N3O. The Hall–Kier alpha value is -1.81. The van der Waals surface area contributed by atoms with Gasteiger partial charge in [0, 0.05) is 19.6 Å². The van der Waals surface area contributed by atoms with Crippen molar-refractivity contribution in [3.05, 3.63) is 47.2 Å². The molecule has 1 heterocycles. The predicted molar refractivity (Wildman–Crippen MR) is 76.2 cm³/mol. The highest BCUT2D eigenvalue weighted by Gasteiger charge is 2.14. The summed E-state index contributed by atoms with van der Waals surface area (Å²) in [4.78, 5) is 0. The summed E-state index contributed by atoms with van der Waals surface area (Å²) in [5.41, 5.74) is 3.41. The Labute approximate surface area is 114 Å². The van der Waals surface area contributed by atoms with Gasteiger partial charge in [-0.1, -0.05) is 30.3 Å². The van der Waals surface area contributed by atoms with Crippen molar-refractivity contribution >= 4 is 0 Å². The van der Waals surface area contributed by atoms with E-state index in [1.807, 2.05) is 20.0 Å². The van der Waals surface area contributed by atoms with E-state index >= 15 is 0 Å². The van der Waals surface area contributed by atoms with Crippen LogP contribution in [-0.4, -0.2) is 16.9 Å². The van der Waals surface area contributed by atoms with Gasteiger partial charge in [-0.25, -0.2) is 4.68 Å². The summed E-state index contributed by atoms with van der Waals surface area (Å²) in [7, 11) is 3.58. The average Bonchev–Trinajstić information content (AvgIpc) is 2.70. The summed E-state index contributed by atoms with van der Waals surface area (Å²) in [6, 6.07) is 10.7. The molecule has 0 amide bonds. The standard InChI is InChI=1S/C15H21N3O/c1-11(13-8-6-5-7-9-13)16-10-14-12(2)17-18(3)15(14)19-4/h5-9,11,16H,10H2,1-4H3/t11-/m1/s1. The Morgan fingerprint density at radius 3 is 2.63 bits per heavy atom. The third-order valence-corrected chi connectivity index (χ3v) is 3.37. The summed E-state index contributed by atoms with van der Waals surface area (Å²) >= 11 is 0. The highest BCUT2D eigenvalue weighted by molar-refractivity contribution is 5.31. The molecule has 102 valence electrons. The molecule has 4 nitrogen and oxygen atoms in total. The molecule has 2 aromatic rings. The molecular weight excluding hydrogens is 238 g/mol. The van der Waals surface area contributed by atoms with Crippen molar-refractivity contribution in [2.24, 2.45) is 7.05 Å². The zero-order valence-electron chi connectivity index (χ0n) is 12.0. The molecule has 1 atom stereocenters. The van der Waals surface area contributed by atoms with Gasteiger partial charge in [0.1, 0.15) is 0 Å². The fraction of sp³-hybridized carbons (Fsp3) is 0.400. The first-order valence-electron chi connectivity index (χ1n) is 6.48. The number of aromatic nitrogens is 2. The van der Waals surface area contributed by atoms with Gasteiger partial charge in [-0.3, -0.25) is 0 Å². The van der Waals surface area contributed by atoms with Crippen LogP contribution in [0.2, 0.25) is 0 Å². The van der Waals surface area contributed by atoms with Gasteiger partial charge in [0.2, 0.25) is 5.88 Å². The molecule has 1 aromatic carbocycles. The van der Waals surface area contributed by atoms with Crippen LogP contribution in [0, 0.1) is 6.92 Å². The highest BCUT2D eigenvalue weighted by atomic mass is 16.5. The van der Waals surface area contributed by atoms with E-state index in [1.54, 1.807) is 11.8 Å². The van der Waals surface area contributed by atoms with E-state index in [0.29, 0.717) is 6.04 Å². The first-order valence-corrected chi connectivity index (χ1v) is 6.48. The normalized spacial score (nSPS) is 12.4. The van der Waals surface area contributed by atoms with E-state index in [2.05, 4.69) is 41.6 Å². The van der Waals surface area contributed by atoms with Gasteiger partial charge in [0.05, 0.1) is 18.4 Å². The van der Waals surface area contributed by atoms with Crippen LogP contribution in [0.1, 0.15) is 29.8 Å². The number of hydrogen-bond donors (Lipinski definition) is 1. The van der Waals surface area contributed by atoms with Crippen LogP contribution < -0.4 is 10.1 Å². The minimum atomic E-state index is 0.297. The molecule has 0 radical (unpaired) electrons. The fourth-order valence-corrected chi connectivity index (χ4v) is 2.25. The van der Waals surface area contributed by atoms with Gasteiger partial charge < -0.3 is 10.1 Å². The monoisotopic (exact) mass is 259 g/mol. The van der Waals surface area contributed by atoms with E-state index in [-0.39, 0.29) is 0 Å². The van der Waals surface area contributed by atoms with E-state index in [1.165, 1.54) is 5.56 Å². The van der Waals surface area contributed by atoms with Gasteiger partial charge in [0.25, 0.3) is 0 Å². The number of aryl methyl sites for hydroxylation is 2. The quantitative estimate of drug-likeness (QED) is 0.897. The van der Waals surface area contributed by atoms with Crippen LogP contribution in [0.5, 0.6) is 5.88 Å². The first-order chi connectivity index (χ1) is 9.13. The summed E-state index contributed by atoms with van der Waals surface area (Å²) in [6.07, 6.45) is 0. The molecule has 0 aliphatic rings. The lowest BCUT2D eigenvalue weighted by atomic mass is 10.1. The molecule has 4 heteroatoms. The van der Waals surface area contributed by atoms with E-state index in [4.69, 9.17) is 4.74 Å². The maximum absolute atomic E-state index is 5.40. The van der Waals surface area contributed by atoms with Crippen molar-refractivity contribution in [1.29, 1.82) is 0 Å². The second kappa shape index (κ2) is 5.89.